The van der Waals surface area contributed by atoms with E-state index in [1.165, 1.54) is 17.9 Å². The molecule has 0 bridgehead atoms. The van der Waals surface area contributed by atoms with Crippen molar-refractivity contribution in [3.05, 3.63) is 63.2 Å². The third kappa shape index (κ3) is 4.99. The largest absolute Gasteiger partial charge is 0.496 e. The molecule has 2 aromatic carbocycles. The van der Waals surface area contributed by atoms with Gasteiger partial charge in [-0.2, -0.15) is 0 Å². The number of hydrogen-bond acceptors (Lipinski definition) is 6. The minimum absolute atomic E-state index is 0.00614. The van der Waals surface area contributed by atoms with Crippen LogP contribution in [0.2, 0.25) is 0 Å². The number of hydrogen-bond donors (Lipinski definition) is 0. The molecule has 2 aromatic rings. The molecule has 0 aliphatic carbocycles. The van der Waals surface area contributed by atoms with Crippen molar-refractivity contribution in [2.24, 2.45) is 0 Å². The van der Waals surface area contributed by atoms with Crippen molar-refractivity contribution in [3.63, 3.8) is 0 Å². The number of methoxy groups -OCH3 is 1. The lowest BCUT2D eigenvalue weighted by Gasteiger charge is -2.35. The fourth-order valence-electron chi connectivity index (χ4n) is 3.91. The zero-order valence-corrected chi connectivity index (χ0v) is 18.8. The number of anilines is 1. The van der Waals surface area contributed by atoms with Crippen LogP contribution in [0.15, 0.2) is 36.4 Å². The summed E-state index contributed by atoms with van der Waals surface area (Å²) in [5.74, 6) is 0.360. The quantitative estimate of drug-likeness (QED) is 0.506. The number of carbonyl (C=O) groups is 2. The molecule has 0 spiro atoms. The normalized spacial score (nSPS) is 13.6. The lowest BCUT2D eigenvalue weighted by molar-refractivity contribution is -0.384. The van der Waals surface area contributed by atoms with Gasteiger partial charge in [0.2, 0.25) is 5.91 Å². The van der Waals surface area contributed by atoms with Gasteiger partial charge in [-0.25, -0.2) is 0 Å². The van der Waals surface area contributed by atoms with Crippen LogP contribution in [0.1, 0.15) is 28.4 Å². The van der Waals surface area contributed by atoms with Crippen LogP contribution in [0, 0.1) is 17.0 Å². The van der Waals surface area contributed by atoms with Crippen LogP contribution in [-0.2, 0) is 11.3 Å². The SMILES string of the molecule is COc1ccc(C)cc1CN(C)C(=O)c1ccc(N2CCN(C(C)=O)CC2)c([N+](=O)[O-])c1. The smallest absolute Gasteiger partial charge is 0.293 e. The van der Waals surface area contributed by atoms with Crippen molar-refractivity contribution < 1.29 is 19.2 Å². The maximum atomic E-state index is 13.0. The first-order valence-corrected chi connectivity index (χ1v) is 10.4. The van der Waals surface area contributed by atoms with Crippen LogP contribution in [0.3, 0.4) is 0 Å². The van der Waals surface area contributed by atoms with Crippen molar-refractivity contribution >= 4 is 23.2 Å². The number of piperazine rings is 1. The first kappa shape index (κ1) is 23.1. The number of nitrogens with zero attached hydrogens (tertiary/aromatic N) is 4. The number of ether oxygens (including phenoxy) is 1. The van der Waals surface area contributed by atoms with E-state index in [9.17, 15) is 19.7 Å². The lowest BCUT2D eigenvalue weighted by Crippen LogP contribution is -2.48. The summed E-state index contributed by atoms with van der Waals surface area (Å²) in [4.78, 5) is 41.0. The Balaban J connectivity index is 1.80. The van der Waals surface area contributed by atoms with Crippen LogP contribution >= 0.6 is 0 Å². The van der Waals surface area contributed by atoms with E-state index in [4.69, 9.17) is 4.74 Å². The van der Waals surface area contributed by atoms with Gasteiger partial charge in [0.05, 0.1) is 12.0 Å². The van der Waals surface area contributed by atoms with E-state index in [0.29, 0.717) is 44.2 Å². The van der Waals surface area contributed by atoms with Gasteiger partial charge in [-0.05, 0) is 25.1 Å². The third-order valence-electron chi connectivity index (χ3n) is 5.67. The predicted octanol–water partition coefficient (Wildman–Crippen LogP) is 2.85. The third-order valence-corrected chi connectivity index (χ3v) is 5.67. The van der Waals surface area contributed by atoms with E-state index in [0.717, 1.165) is 11.1 Å². The Kier molecular flexibility index (Phi) is 6.97. The van der Waals surface area contributed by atoms with Crippen molar-refractivity contribution in [1.82, 2.24) is 9.80 Å². The van der Waals surface area contributed by atoms with E-state index in [1.54, 1.807) is 31.2 Å². The second kappa shape index (κ2) is 9.67. The topological polar surface area (TPSA) is 96.2 Å². The summed E-state index contributed by atoms with van der Waals surface area (Å²) in [6, 6.07) is 10.3. The Morgan fingerprint density at radius 2 is 1.81 bits per heavy atom. The van der Waals surface area contributed by atoms with Crippen LogP contribution in [-0.4, -0.2) is 66.9 Å². The Labute approximate surface area is 187 Å². The van der Waals surface area contributed by atoms with Gasteiger partial charge in [-0.3, -0.25) is 19.7 Å². The van der Waals surface area contributed by atoms with Gasteiger partial charge in [0, 0.05) is 63.9 Å². The van der Waals surface area contributed by atoms with Crippen LogP contribution < -0.4 is 9.64 Å². The summed E-state index contributed by atoms with van der Waals surface area (Å²) >= 11 is 0. The van der Waals surface area contributed by atoms with E-state index in [-0.39, 0.29) is 23.1 Å². The molecule has 32 heavy (non-hydrogen) atoms. The average molecular weight is 441 g/mol. The monoisotopic (exact) mass is 440 g/mol. The second-order valence-corrected chi connectivity index (χ2v) is 7.93. The van der Waals surface area contributed by atoms with Gasteiger partial charge in [0.25, 0.3) is 11.6 Å². The van der Waals surface area contributed by atoms with E-state index in [2.05, 4.69) is 0 Å². The number of nitro benzene ring substituents is 1. The molecular weight excluding hydrogens is 412 g/mol. The second-order valence-electron chi connectivity index (χ2n) is 7.93. The van der Waals surface area contributed by atoms with Gasteiger partial charge in [-0.15, -0.1) is 0 Å². The fraction of sp³-hybridized carbons (Fsp3) is 0.391. The van der Waals surface area contributed by atoms with Crippen LogP contribution in [0.5, 0.6) is 5.75 Å². The zero-order chi connectivity index (χ0) is 23.4. The van der Waals surface area contributed by atoms with Crippen molar-refractivity contribution in [3.8, 4) is 5.75 Å². The number of benzene rings is 2. The minimum Gasteiger partial charge on any atom is -0.496 e. The number of carbonyl (C=O) groups excluding carboxylic acids is 2. The highest BCUT2D eigenvalue weighted by molar-refractivity contribution is 5.95. The van der Waals surface area contributed by atoms with Crippen LogP contribution in [0.4, 0.5) is 11.4 Å². The molecule has 9 nitrogen and oxygen atoms in total. The standard InChI is InChI=1S/C23H28N4O5/c1-16-5-8-22(32-4)19(13-16)15-24(3)23(29)18-6-7-20(21(14-18)27(30)31)26-11-9-25(10-12-26)17(2)28/h5-8,13-14H,9-12,15H2,1-4H3. The fourth-order valence-corrected chi connectivity index (χ4v) is 3.91. The molecule has 0 aromatic heterocycles. The Morgan fingerprint density at radius 3 is 2.41 bits per heavy atom. The summed E-state index contributed by atoms with van der Waals surface area (Å²) in [6.07, 6.45) is 0. The van der Waals surface area contributed by atoms with Gasteiger partial charge < -0.3 is 19.4 Å². The summed E-state index contributed by atoms with van der Waals surface area (Å²) in [6.45, 7) is 5.81. The number of nitro groups is 1. The lowest BCUT2D eigenvalue weighted by atomic mass is 10.1. The summed E-state index contributed by atoms with van der Waals surface area (Å²) in [5.41, 5.74) is 2.49. The Morgan fingerprint density at radius 1 is 1.12 bits per heavy atom. The highest BCUT2D eigenvalue weighted by Crippen LogP contribution is 2.31. The van der Waals surface area contributed by atoms with E-state index < -0.39 is 4.92 Å². The average Bonchev–Trinajstić information content (AvgIpc) is 2.78. The molecule has 0 radical (unpaired) electrons. The Hall–Kier alpha value is -3.62. The molecule has 0 saturated carbocycles. The highest BCUT2D eigenvalue weighted by atomic mass is 16.6. The van der Waals surface area contributed by atoms with Gasteiger partial charge in [0.1, 0.15) is 11.4 Å². The molecule has 3 rings (SSSR count). The molecule has 1 aliphatic rings. The molecule has 1 fully saturated rings. The van der Waals surface area contributed by atoms with Crippen molar-refractivity contribution in [1.29, 1.82) is 0 Å². The molecule has 0 unspecified atom stereocenters. The maximum Gasteiger partial charge on any atom is 0.293 e. The van der Waals surface area contributed by atoms with Crippen molar-refractivity contribution in [2.45, 2.75) is 20.4 Å². The number of aryl methyl sites for hydroxylation is 1. The molecule has 1 saturated heterocycles. The molecule has 1 heterocycles. The number of rotatable bonds is 6. The molecule has 0 N–H and O–H groups in total. The number of amides is 2. The molecule has 170 valence electrons. The zero-order valence-electron chi connectivity index (χ0n) is 18.8. The van der Waals surface area contributed by atoms with Gasteiger partial charge in [0.15, 0.2) is 0 Å². The molecule has 9 heteroatoms. The van der Waals surface area contributed by atoms with Gasteiger partial charge >= 0.3 is 0 Å². The first-order chi connectivity index (χ1) is 15.2. The minimum atomic E-state index is -0.465. The summed E-state index contributed by atoms with van der Waals surface area (Å²) in [5, 5.41) is 11.8. The first-order valence-electron chi connectivity index (χ1n) is 10.4. The Bertz CT molecular complexity index is 1030. The molecular formula is C23H28N4O5. The van der Waals surface area contributed by atoms with E-state index >= 15 is 0 Å². The molecule has 1 aliphatic heterocycles. The summed E-state index contributed by atoms with van der Waals surface area (Å²) < 4.78 is 5.39. The van der Waals surface area contributed by atoms with Crippen LogP contribution in [0.25, 0.3) is 0 Å². The summed E-state index contributed by atoms with van der Waals surface area (Å²) in [7, 11) is 3.24. The molecule has 2 amide bonds. The van der Waals surface area contributed by atoms with Gasteiger partial charge in [-0.1, -0.05) is 17.7 Å². The molecule has 0 atom stereocenters. The highest BCUT2D eigenvalue weighted by Gasteiger charge is 2.26. The van der Waals surface area contributed by atoms with E-state index in [1.807, 2.05) is 30.0 Å². The van der Waals surface area contributed by atoms with Crippen molar-refractivity contribution in [2.75, 3.05) is 45.2 Å². The predicted molar refractivity (Wildman–Crippen MR) is 121 cm³/mol. The maximum absolute atomic E-state index is 13.0.